The summed E-state index contributed by atoms with van der Waals surface area (Å²) in [5, 5.41) is 14.1. The molecular formula is C13H22N6O. The summed E-state index contributed by atoms with van der Waals surface area (Å²) in [4.78, 5) is 16.3. The van der Waals surface area contributed by atoms with Crippen LogP contribution in [-0.2, 0) is 6.42 Å². The second-order valence-electron chi connectivity index (χ2n) is 6.09. The third-order valence-electron chi connectivity index (χ3n) is 4.21. The second kappa shape index (κ2) is 5.76. The Morgan fingerprint density at radius 2 is 2.25 bits per heavy atom. The zero-order chi connectivity index (χ0) is 13.9. The van der Waals surface area contributed by atoms with Crippen molar-refractivity contribution in [1.82, 2.24) is 30.4 Å². The molecule has 2 amide bonds. The van der Waals surface area contributed by atoms with E-state index in [1.54, 1.807) is 0 Å². The number of urea groups is 1. The van der Waals surface area contributed by atoms with Crippen LogP contribution in [0.3, 0.4) is 0 Å². The van der Waals surface area contributed by atoms with Crippen molar-refractivity contribution in [1.29, 1.82) is 0 Å². The summed E-state index contributed by atoms with van der Waals surface area (Å²) in [5.74, 6) is 1.93. The Bertz CT molecular complexity index is 444. The van der Waals surface area contributed by atoms with Gasteiger partial charge in [-0.05, 0) is 37.5 Å². The Kier molecular flexibility index (Phi) is 3.84. The molecule has 2 fully saturated rings. The van der Waals surface area contributed by atoms with Crippen molar-refractivity contribution in [3.8, 4) is 0 Å². The van der Waals surface area contributed by atoms with E-state index in [2.05, 4.69) is 20.6 Å². The minimum atomic E-state index is 0.176. The number of hydrogen-bond acceptors (Lipinski definition) is 4. The highest BCUT2D eigenvalue weighted by atomic mass is 16.2. The Balaban J connectivity index is 1.52. The molecule has 1 aromatic heterocycles. The van der Waals surface area contributed by atoms with Gasteiger partial charge in [0.25, 0.3) is 0 Å². The molecule has 1 atom stereocenters. The van der Waals surface area contributed by atoms with Gasteiger partial charge in [-0.3, -0.25) is 0 Å². The Morgan fingerprint density at radius 1 is 1.40 bits per heavy atom. The predicted molar refractivity (Wildman–Crippen MR) is 72.9 cm³/mol. The standard InChI is InChI=1S/C13H22N6O/c1-18(8-10-4-5-10)13(20)19-6-2-3-11(9-19)7-12-14-16-17-15-12/h10-11H,2-9H2,1H3,(H,14,15,16,17). The van der Waals surface area contributed by atoms with E-state index in [0.29, 0.717) is 5.92 Å². The van der Waals surface area contributed by atoms with Gasteiger partial charge in [0.15, 0.2) is 5.82 Å². The van der Waals surface area contributed by atoms with E-state index < -0.39 is 0 Å². The second-order valence-corrected chi connectivity index (χ2v) is 6.09. The average Bonchev–Trinajstić information content (AvgIpc) is 3.12. The number of carbonyl (C=O) groups excluding carboxylic acids is 1. The molecule has 1 unspecified atom stereocenters. The molecule has 7 nitrogen and oxygen atoms in total. The summed E-state index contributed by atoms with van der Waals surface area (Å²) < 4.78 is 0. The van der Waals surface area contributed by atoms with Crippen LogP contribution >= 0.6 is 0 Å². The summed E-state index contributed by atoms with van der Waals surface area (Å²) in [6, 6.07) is 0.176. The minimum absolute atomic E-state index is 0.176. The van der Waals surface area contributed by atoms with Gasteiger partial charge >= 0.3 is 6.03 Å². The van der Waals surface area contributed by atoms with Crippen LogP contribution < -0.4 is 0 Å². The van der Waals surface area contributed by atoms with Gasteiger partial charge in [-0.2, -0.15) is 5.21 Å². The largest absolute Gasteiger partial charge is 0.327 e. The van der Waals surface area contributed by atoms with E-state index in [1.807, 2.05) is 16.8 Å². The van der Waals surface area contributed by atoms with Crippen molar-refractivity contribution in [2.45, 2.75) is 32.1 Å². The molecule has 2 heterocycles. The fraction of sp³-hybridized carbons (Fsp3) is 0.846. The van der Waals surface area contributed by atoms with Crippen LogP contribution in [0, 0.1) is 11.8 Å². The number of piperidine rings is 1. The molecule has 0 spiro atoms. The maximum absolute atomic E-state index is 12.4. The lowest BCUT2D eigenvalue weighted by Gasteiger charge is -2.35. The number of H-pyrrole nitrogens is 1. The van der Waals surface area contributed by atoms with Crippen LogP contribution in [0.4, 0.5) is 4.79 Å². The highest BCUT2D eigenvalue weighted by molar-refractivity contribution is 5.74. The molecule has 1 N–H and O–H groups in total. The third kappa shape index (κ3) is 3.26. The molecule has 1 aliphatic carbocycles. The molecule has 3 rings (SSSR count). The molecule has 20 heavy (non-hydrogen) atoms. The van der Waals surface area contributed by atoms with E-state index in [0.717, 1.165) is 50.6 Å². The summed E-state index contributed by atoms with van der Waals surface area (Å²) in [5.41, 5.74) is 0. The number of nitrogens with zero attached hydrogens (tertiary/aromatic N) is 5. The van der Waals surface area contributed by atoms with Crippen LogP contribution in [0.15, 0.2) is 0 Å². The molecule has 1 aromatic rings. The lowest BCUT2D eigenvalue weighted by atomic mass is 9.95. The van der Waals surface area contributed by atoms with Gasteiger partial charge in [0.1, 0.15) is 0 Å². The number of likely N-dealkylation sites (tertiary alicyclic amines) is 1. The first-order valence-electron chi connectivity index (χ1n) is 7.44. The lowest BCUT2D eigenvalue weighted by molar-refractivity contribution is 0.134. The van der Waals surface area contributed by atoms with E-state index in [1.165, 1.54) is 12.8 Å². The van der Waals surface area contributed by atoms with Crippen molar-refractivity contribution >= 4 is 6.03 Å². The fourth-order valence-corrected chi connectivity index (χ4v) is 2.94. The smallest absolute Gasteiger partial charge is 0.319 e. The molecule has 1 aliphatic heterocycles. The minimum Gasteiger partial charge on any atom is -0.327 e. The van der Waals surface area contributed by atoms with Crippen LogP contribution in [0.2, 0.25) is 0 Å². The molecular weight excluding hydrogens is 256 g/mol. The average molecular weight is 278 g/mol. The van der Waals surface area contributed by atoms with Crippen LogP contribution in [-0.4, -0.2) is 63.1 Å². The molecule has 110 valence electrons. The van der Waals surface area contributed by atoms with Crippen LogP contribution in [0.5, 0.6) is 0 Å². The zero-order valence-corrected chi connectivity index (χ0v) is 12.0. The Labute approximate surface area is 118 Å². The van der Waals surface area contributed by atoms with Gasteiger partial charge in [-0.1, -0.05) is 5.21 Å². The van der Waals surface area contributed by atoms with Gasteiger partial charge < -0.3 is 9.80 Å². The van der Waals surface area contributed by atoms with Crippen LogP contribution in [0.25, 0.3) is 0 Å². The predicted octanol–water partition coefficient (Wildman–Crippen LogP) is 0.916. The summed E-state index contributed by atoms with van der Waals surface area (Å²) in [6.45, 7) is 2.59. The third-order valence-corrected chi connectivity index (χ3v) is 4.21. The SMILES string of the molecule is CN(CC1CC1)C(=O)N1CCCC(Cc2nn[nH]n2)C1. The monoisotopic (exact) mass is 278 g/mol. The zero-order valence-electron chi connectivity index (χ0n) is 12.0. The van der Waals surface area contributed by atoms with E-state index >= 15 is 0 Å². The van der Waals surface area contributed by atoms with Crippen LogP contribution in [0.1, 0.15) is 31.5 Å². The van der Waals surface area contributed by atoms with Crippen molar-refractivity contribution < 1.29 is 4.79 Å². The number of aromatic nitrogens is 4. The highest BCUT2D eigenvalue weighted by Gasteiger charge is 2.29. The lowest BCUT2D eigenvalue weighted by Crippen LogP contribution is -2.47. The number of nitrogens with one attached hydrogen (secondary N) is 1. The first-order chi connectivity index (χ1) is 9.72. The number of carbonyl (C=O) groups is 1. The molecule has 1 saturated carbocycles. The number of rotatable bonds is 4. The quantitative estimate of drug-likeness (QED) is 0.888. The van der Waals surface area contributed by atoms with E-state index in [-0.39, 0.29) is 6.03 Å². The summed E-state index contributed by atoms with van der Waals surface area (Å²) >= 11 is 0. The Morgan fingerprint density at radius 3 is 2.95 bits per heavy atom. The first kappa shape index (κ1) is 13.3. The number of aromatic amines is 1. The topological polar surface area (TPSA) is 78.0 Å². The van der Waals surface area contributed by atoms with Gasteiger partial charge in [-0.15, -0.1) is 10.2 Å². The van der Waals surface area contributed by atoms with Crippen molar-refractivity contribution in [2.24, 2.45) is 11.8 Å². The number of tetrazole rings is 1. The molecule has 2 aliphatic rings. The maximum atomic E-state index is 12.4. The summed E-state index contributed by atoms with van der Waals surface area (Å²) in [7, 11) is 1.92. The fourth-order valence-electron chi connectivity index (χ4n) is 2.94. The molecule has 1 saturated heterocycles. The Hall–Kier alpha value is -1.66. The van der Waals surface area contributed by atoms with Gasteiger partial charge in [0.05, 0.1) is 0 Å². The number of hydrogen-bond donors (Lipinski definition) is 1. The normalized spacial score (nSPS) is 22.9. The molecule has 7 heteroatoms. The van der Waals surface area contributed by atoms with E-state index in [9.17, 15) is 4.79 Å². The van der Waals surface area contributed by atoms with Gasteiger partial charge in [-0.25, -0.2) is 4.79 Å². The van der Waals surface area contributed by atoms with Gasteiger partial charge in [0.2, 0.25) is 0 Å². The summed E-state index contributed by atoms with van der Waals surface area (Å²) in [6.07, 6.45) is 5.54. The van der Waals surface area contributed by atoms with Crippen molar-refractivity contribution in [3.05, 3.63) is 5.82 Å². The number of amides is 2. The molecule has 0 aromatic carbocycles. The van der Waals surface area contributed by atoms with Gasteiger partial charge in [0, 0.05) is 33.1 Å². The molecule has 0 radical (unpaired) electrons. The van der Waals surface area contributed by atoms with E-state index in [4.69, 9.17) is 0 Å². The van der Waals surface area contributed by atoms with Crippen molar-refractivity contribution in [3.63, 3.8) is 0 Å². The van der Waals surface area contributed by atoms with Crippen molar-refractivity contribution in [2.75, 3.05) is 26.7 Å². The maximum Gasteiger partial charge on any atom is 0.319 e. The highest BCUT2D eigenvalue weighted by Crippen LogP contribution is 2.30. The first-order valence-corrected chi connectivity index (χ1v) is 7.44. The molecule has 0 bridgehead atoms.